The number of hydrogen-bond donors (Lipinski definition) is 4. The normalized spacial score (nSPS) is 16.7. The molecule has 154 valence electrons. The van der Waals surface area contributed by atoms with Gasteiger partial charge in [0.25, 0.3) is 0 Å². The van der Waals surface area contributed by atoms with Crippen molar-refractivity contribution in [3.05, 3.63) is 0 Å². The fourth-order valence-electron chi connectivity index (χ4n) is 2.33. The minimum Gasteiger partial charge on any atom is -0.365 e. The average molecular weight is 430 g/mol. The molecule has 1 heterocycles. The lowest BCUT2D eigenvalue weighted by molar-refractivity contribution is -0.130. The van der Waals surface area contributed by atoms with E-state index >= 15 is 0 Å². The number of nitrogens with two attached hydrogens (primary N) is 1. The molecule has 2 amide bonds. The van der Waals surface area contributed by atoms with Crippen molar-refractivity contribution in [2.45, 2.75) is 51.6 Å². The van der Waals surface area contributed by atoms with Gasteiger partial charge in [-0.05, 0) is 25.2 Å². The summed E-state index contributed by atoms with van der Waals surface area (Å²) in [6.45, 7) is 5.56. The summed E-state index contributed by atoms with van der Waals surface area (Å²) < 4.78 is 0. The van der Waals surface area contributed by atoms with E-state index in [2.05, 4.69) is 20.9 Å². The van der Waals surface area contributed by atoms with E-state index in [0.717, 1.165) is 43.3 Å². The first kappa shape index (κ1) is 27.5. The monoisotopic (exact) mass is 429 g/mol. The lowest BCUT2D eigenvalue weighted by atomic mass is 9.97. The van der Waals surface area contributed by atoms with Gasteiger partial charge in [0.15, 0.2) is 5.17 Å². The van der Waals surface area contributed by atoms with E-state index in [9.17, 15) is 9.59 Å². The second-order valence-electron chi connectivity index (χ2n) is 6.05. The van der Waals surface area contributed by atoms with Crippen LogP contribution in [0.3, 0.4) is 0 Å². The van der Waals surface area contributed by atoms with Crippen molar-refractivity contribution in [2.24, 2.45) is 16.6 Å². The SMILES string of the molecule is CC[C@H](C)[C@H](NC(=O)[C@@H](N)CCCNC1=NCCCS1)C(=O)NC.Cl.Cl. The molecule has 0 aliphatic carbocycles. The van der Waals surface area contributed by atoms with Gasteiger partial charge in [-0.25, -0.2) is 0 Å². The van der Waals surface area contributed by atoms with Crippen molar-refractivity contribution in [2.75, 3.05) is 25.9 Å². The summed E-state index contributed by atoms with van der Waals surface area (Å²) >= 11 is 1.73. The van der Waals surface area contributed by atoms with Crippen molar-refractivity contribution in [1.82, 2.24) is 16.0 Å². The number of nitrogens with zero attached hydrogens (tertiary/aromatic N) is 1. The Morgan fingerprint density at radius 2 is 2.00 bits per heavy atom. The first-order chi connectivity index (χ1) is 11.5. The van der Waals surface area contributed by atoms with Gasteiger partial charge in [0.2, 0.25) is 11.8 Å². The van der Waals surface area contributed by atoms with Gasteiger partial charge < -0.3 is 21.7 Å². The van der Waals surface area contributed by atoms with E-state index < -0.39 is 12.1 Å². The molecule has 0 bridgehead atoms. The Balaban J connectivity index is 0. The summed E-state index contributed by atoms with van der Waals surface area (Å²) in [5, 5.41) is 9.63. The molecule has 0 saturated heterocycles. The fourth-order valence-corrected chi connectivity index (χ4v) is 3.19. The Kier molecular flexibility index (Phi) is 16.3. The van der Waals surface area contributed by atoms with E-state index in [4.69, 9.17) is 5.73 Å². The molecule has 1 rings (SSSR count). The van der Waals surface area contributed by atoms with Gasteiger partial charge in [-0.3, -0.25) is 14.6 Å². The molecule has 3 atom stereocenters. The van der Waals surface area contributed by atoms with E-state index in [-0.39, 0.29) is 42.5 Å². The molecule has 5 N–H and O–H groups in total. The largest absolute Gasteiger partial charge is 0.365 e. The van der Waals surface area contributed by atoms with Gasteiger partial charge in [-0.2, -0.15) is 0 Å². The molecule has 0 aromatic rings. The summed E-state index contributed by atoms with van der Waals surface area (Å²) in [6.07, 6.45) is 3.28. The van der Waals surface area contributed by atoms with Gasteiger partial charge in [-0.1, -0.05) is 32.0 Å². The number of hydrogen-bond acceptors (Lipinski definition) is 6. The predicted octanol–water partition coefficient (Wildman–Crippen LogP) is 1.30. The highest BCUT2D eigenvalue weighted by Crippen LogP contribution is 2.10. The van der Waals surface area contributed by atoms with Crippen LogP contribution in [0.25, 0.3) is 0 Å². The second-order valence-corrected chi connectivity index (χ2v) is 7.13. The van der Waals surface area contributed by atoms with Gasteiger partial charge in [-0.15, -0.1) is 24.8 Å². The lowest BCUT2D eigenvalue weighted by Gasteiger charge is -2.24. The fraction of sp³-hybridized carbons (Fsp3) is 0.812. The first-order valence-corrected chi connectivity index (χ1v) is 9.66. The van der Waals surface area contributed by atoms with Crippen LogP contribution in [0.1, 0.15) is 39.5 Å². The number of amidine groups is 1. The molecule has 0 radical (unpaired) electrons. The Morgan fingerprint density at radius 3 is 2.54 bits per heavy atom. The van der Waals surface area contributed by atoms with Crippen LogP contribution >= 0.6 is 36.6 Å². The zero-order chi connectivity index (χ0) is 17.9. The van der Waals surface area contributed by atoms with E-state index in [1.54, 1.807) is 18.8 Å². The maximum Gasteiger partial charge on any atom is 0.242 e. The molecule has 0 fully saturated rings. The average Bonchev–Trinajstić information content (AvgIpc) is 2.62. The molecule has 1 aliphatic heterocycles. The number of thioether (sulfide) groups is 1. The molecule has 0 aromatic heterocycles. The summed E-state index contributed by atoms with van der Waals surface area (Å²) in [7, 11) is 1.57. The molecule has 0 unspecified atom stereocenters. The standard InChI is InChI=1S/C16H31N5O2S.2ClH/c1-4-11(2)13(15(23)18-3)21-14(22)12(17)7-5-8-19-16-20-9-6-10-24-16;;/h11-13H,4-10,17H2,1-3H3,(H,18,23)(H,19,20)(H,21,22);2*1H/t11-,12-,13-;;/m0../s1. The quantitative estimate of drug-likeness (QED) is 0.413. The highest BCUT2D eigenvalue weighted by atomic mass is 35.5. The Morgan fingerprint density at radius 1 is 1.31 bits per heavy atom. The van der Waals surface area contributed by atoms with Crippen LogP contribution in [0.5, 0.6) is 0 Å². The minimum absolute atomic E-state index is 0. The van der Waals surface area contributed by atoms with Crippen LogP contribution in [-0.4, -0.2) is 55.0 Å². The van der Waals surface area contributed by atoms with Gasteiger partial charge >= 0.3 is 0 Å². The first-order valence-electron chi connectivity index (χ1n) is 8.68. The zero-order valence-corrected chi connectivity index (χ0v) is 18.2. The number of rotatable bonds is 9. The molecule has 0 spiro atoms. The number of likely N-dealkylation sites (N-methyl/N-ethyl adjacent to an activating group) is 1. The molecular weight excluding hydrogens is 397 g/mol. The number of carbonyl (C=O) groups excluding carboxylic acids is 2. The molecule has 7 nitrogen and oxygen atoms in total. The van der Waals surface area contributed by atoms with Crippen molar-refractivity contribution in [1.29, 1.82) is 0 Å². The van der Waals surface area contributed by atoms with Crippen molar-refractivity contribution < 1.29 is 9.59 Å². The van der Waals surface area contributed by atoms with Gasteiger partial charge in [0.05, 0.1) is 6.04 Å². The van der Waals surface area contributed by atoms with Gasteiger partial charge in [0, 0.05) is 25.9 Å². The highest BCUT2D eigenvalue weighted by molar-refractivity contribution is 8.13. The number of amides is 2. The molecule has 10 heteroatoms. The Labute approximate surface area is 173 Å². The summed E-state index contributed by atoms with van der Waals surface area (Å²) in [5.41, 5.74) is 5.96. The van der Waals surface area contributed by atoms with Crippen LogP contribution < -0.4 is 21.7 Å². The third-order valence-corrected chi connectivity index (χ3v) is 5.18. The van der Waals surface area contributed by atoms with Crippen LogP contribution in [0.2, 0.25) is 0 Å². The molecule has 0 saturated carbocycles. The highest BCUT2D eigenvalue weighted by Gasteiger charge is 2.26. The van der Waals surface area contributed by atoms with Crippen LogP contribution in [0, 0.1) is 5.92 Å². The maximum absolute atomic E-state index is 12.2. The maximum atomic E-state index is 12.2. The van der Waals surface area contributed by atoms with Crippen molar-refractivity contribution in [3.63, 3.8) is 0 Å². The lowest BCUT2D eigenvalue weighted by Crippen LogP contribution is -2.53. The topological polar surface area (TPSA) is 109 Å². The van der Waals surface area contributed by atoms with E-state index in [1.165, 1.54) is 0 Å². The van der Waals surface area contributed by atoms with Gasteiger partial charge in [0.1, 0.15) is 6.04 Å². The predicted molar refractivity (Wildman–Crippen MR) is 115 cm³/mol. The number of aliphatic imine (C=N–C) groups is 1. The summed E-state index contributed by atoms with van der Waals surface area (Å²) in [5.74, 6) is 0.709. The summed E-state index contributed by atoms with van der Waals surface area (Å²) in [4.78, 5) is 28.5. The molecular formula is C16H33Cl2N5O2S. The molecule has 1 aliphatic rings. The minimum atomic E-state index is -0.607. The Bertz CT molecular complexity index is 454. The number of halogens is 2. The second kappa shape index (κ2) is 15.4. The van der Waals surface area contributed by atoms with Crippen LogP contribution in [0.4, 0.5) is 0 Å². The van der Waals surface area contributed by atoms with Crippen molar-refractivity contribution >= 4 is 53.6 Å². The van der Waals surface area contributed by atoms with E-state index in [1.807, 2.05) is 13.8 Å². The smallest absolute Gasteiger partial charge is 0.242 e. The number of nitrogens with one attached hydrogen (secondary N) is 3. The number of carbonyl (C=O) groups is 2. The van der Waals surface area contributed by atoms with Crippen LogP contribution in [0.15, 0.2) is 4.99 Å². The summed E-state index contributed by atoms with van der Waals surface area (Å²) in [6, 6.07) is -1.14. The third kappa shape index (κ3) is 9.85. The molecule has 0 aromatic carbocycles. The Hall–Kier alpha value is -0.700. The van der Waals surface area contributed by atoms with Crippen LogP contribution in [-0.2, 0) is 9.59 Å². The zero-order valence-electron chi connectivity index (χ0n) is 15.7. The van der Waals surface area contributed by atoms with E-state index in [0.29, 0.717) is 6.42 Å². The third-order valence-electron chi connectivity index (χ3n) is 4.14. The molecule has 26 heavy (non-hydrogen) atoms. The van der Waals surface area contributed by atoms with Crippen molar-refractivity contribution in [3.8, 4) is 0 Å².